The minimum atomic E-state index is -0.816. The standard InChI is InChI=1S/C15H13ClO2/c1-10(15(17)18)12-3-2-4-13(9-12)11-5-7-14(16)8-6-11/h2-10H,1H3,(H,17,18). The number of halogens is 1. The molecule has 1 unspecified atom stereocenters. The number of hydrogen-bond acceptors (Lipinski definition) is 1. The van der Waals surface area contributed by atoms with Gasteiger partial charge in [0, 0.05) is 5.02 Å². The van der Waals surface area contributed by atoms with E-state index in [0.717, 1.165) is 16.7 Å². The number of carbonyl (C=O) groups is 1. The maximum atomic E-state index is 11.0. The van der Waals surface area contributed by atoms with Crippen LogP contribution in [0, 0.1) is 0 Å². The molecule has 0 aliphatic heterocycles. The lowest BCUT2D eigenvalue weighted by atomic mass is 9.96. The lowest BCUT2D eigenvalue weighted by Crippen LogP contribution is -2.07. The predicted octanol–water partition coefficient (Wildman–Crippen LogP) is 4.20. The summed E-state index contributed by atoms with van der Waals surface area (Å²) in [6, 6.07) is 15.1. The Morgan fingerprint density at radius 3 is 2.39 bits per heavy atom. The van der Waals surface area contributed by atoms with Crippen molar-refractivity contribution in [2.45, 2.75) is 12.8 Å². The average molecular weight is 261 g/mol. The average Bonchev–Trinajstić information content (AvgIpc) is 2.38. The van der Waals surface area contributed by atoms with Crippen LogP contribution in [0.4, 0.5) is 0 Å². The molecule has 2 aromatic rings. The van der Waals surface area contributed by atoms with Crippen LogP contribution < -0.4 is 0 Å². The summed E-state index contributed by atoms with van der Waals surface area (Å²) in [4.78, 5) is 11.0. The van der Waals surface area contributed by atoms with Crippen LogP contribution in [0.15, 0.2) is 48.5 Å². The lowest BCUT2D eigenvalue weighted by Gasteiger charge is -2.09. The van der Waals surface area contributed by atoms with Crippen molar-refractivity contribution in [3.63, 3.8) is 0 Å². The molecule has 0 aromatic heterocycles. The zero-order valence-electron chi connectivity index (χ0n) is 9.93. The number of hydrogen-bond donors (Lipinski definition) is 1. The maximum Gasteiger partial charge on any atom is 0.310 e. The van der Waals surface area contributed by atoms with Crippen molar-refractivity contribution < 1.29 is 9.90 Å². The third-order valence-electron chi connectivity index (χ3n) is 2.93. The zero-order chi connectivity index (χ0) is 13.1. The molecule has 18 heavy (non-hydrogen) atoms. The Balaban J connectivity index is 2.38. The second kappa shape index (κ2) is 5.23. The highest BCUT2D eigenvalue weighted by Gasteiger charge is 2.13. The van der Waals surface area contributed by atoms with Crippen LogP contribution in [0.2, 0.25) is 5.02 Å². The van der Waals surface area contributed by atoms with Crippen molar-refractivity contribution in [2.24, 2.45) is 0 Å². The first-order valence-electron chi connectivity index (χ1n) is 5.66. The van der Waals surface area contributed by atoms with E-state index in [1.807, 2.05) is 48.5 Å². The molecule has 0 saturated carbocycles. The Bertz CT molecular complexity index is 561. The highest BCUT2D eigenvalue weighted by atomic mass is 35.5. The van der Waals surface area contributed by atoms with Gasteiger partial charge in [0.2, 0.25) is 0 Å². The van der Waals surface area contributed by atoms with Gasteiger partial charge in [0.25, 0.3) is 0 Å². The first-order valence-corrected chi connectivity index (χ1v) is 6.04. The highest BCUT2D eigenvalue weighted by molar-refractivity contribution is 6.30. The summed E-state index contributed by atoms with van der Waals surface area (Å²) in [6.45, 7) is 1.68. The van der Waals surface area contributed by atoms with Crippen molar-refractivity contribution in [2.75, 3.05) is 0 Å². The molecule has 0 radical (unpaired) electrons. The molecule has 2 rings (SSSR count). The summed E-state index contributed by atoms with van der Waals surface area (Å²) in [5.74, 6) is -1.32. The summed E-state index contributed by atoms with van der Waals surface area (Å²) in [7, 11) is 0. The smallest absolute Gasteiger partial charge is 0.310 e. The van der Waals surface area contributed by atoms with Crippen molar-refractivity contribution in [1.82, 2.24) is 0 Å². The van der Waals surface area contributed by atoms with Crippen LogP contribution in [0.3, 0.4) is 0 Å². The number of benzene rings is 2. The summed E-state index contributed by atoms with van der Waals surface area (Å²) in [5, 5.41) is 9.70. The van der Waals surface area contributed by atoms with E-state index in [4.69, 9.17) is 16.7 Å². The van der Waals surface area contributed by atoms with Gasteiger partial charge in [0.15, 0.2) is 0 Å². The summed E-state index contributed by atoms with van der Waals surface area (Å²) in [6.07, 6.45) is 0. The van der Waals surface area contributed by atoms with Crippen LogP contribution in [0.25, 0.3) is 11.1 Å². The molecule has 1 atom stereocenters. The number of carboxylic acids is 1. The van der Waals surface area contributed by atoms with E-state index in [1.165, 1.54) is 0 Å². The minimum Gasteiger partial charge on any atom is -0.481 e. The minimum absolute atomic E-state index is 0.503. The summed E-state index contributed by atoms with van der Waals surface area (Å²) >= 11 is 5.84. The quantitative estimate of drug-likeness (QED) is 0.898. The van der Waals surface area contributed by atoms with Gasteiger partial charge >= 0.3 is 5.97 Å². The summed E-state index contributed by atoms with van der Waals surface area (Å²) in [5.41, 5.74) is 2.83. The molecule has 0 heterocycles. The van der Waals surface area contributed by atoms with Gasteiger partial charge in [-0.3, -0.25) is 4.79 Å². The summed E-state index contributed by atoms with van der Waals surface area (Å²) < 4.78 is 0. The monoisotopic (exact) mass is 260 g/mol. The number of aliphatic carboxylic acids is 1. The van der Waals surface area contributed by atoms with E-state index in [9.17, 15) is 4.79 Å². The largest absolute Gasteiger partial charge is 0.481 e. The topological polar surface area (TPSA) is 37.3 Å². The van der Waals surface area contributed by atoms with Crippen LogP contribution >= 0.6 is 11.6 Å². The maximum absolute atomic E-state index is 11.0. The van der Waals surface area contributed by atoms with E-state index in [1.54, 1.807) is 6.92 Å². The molecule has 1 N–H and O–H groups in total. The second-order valence-corrected chi connectivity index (χ2v) is 4.63. The van der Waals surface area contributed by atoms with Crippen molar-refractivity contribution in [1.29, 1.82) is 0 Å². The molecule has 0 aliphatic rings. The van der Waals surface area contributed by atoms with E-state index in [-0.39, 0.29) is 0 Å². The van der Waals surface area contributed by atoms with Crippen LogP contribution in [-0.2, 0) is 4.79 Å². The van der Waals surface area contributed by atoms with Gasteiger partial charge in [0.1, 0.15) is 0 Å². The van der Waals surface area contributed by atoms with Crippen molar-refractivity contribution >= 4 is 17.6 Å². The SMILES string of the molecule is CC(C(=O)O)c1cccc(-c2ccc(Cl)cc2)c1. The molecule has 3 heteroatoms. The van der Waals surface area contributed by atoms with Gasteiger partial charge < -0.3 is 5.11 Å². The van der Waals surface area contributed by atoms with Crippen LogP contribution in [-0.4, -0.2) is 11.1 Å². The molecule has 0 amide bonds. The molecule has 0 saturated heterocycles. The van der Waals surface area contributed by atoms with E-state index >= 15 is 0 Å². The number of carboxylic acid groups (broad SMARTS) is 1. The fourth-order valence-corrected chi connectivity index (χ4v) is 1.90. The fourth-order valence-electron chi connectivity index (χ4n) is 1.77. The van der Waals surface area contributed by atoms with E-state index in [2.05, 4.69) is 0 Å². The van der Waals surface area contributed by atoms with Crippen molar-refractivity contribution in [3.05, 3.63) is 59.1 Å². The molecule has 0 spiro atoms. The molecular formula is C15H13ClO2. The highest BCUT2D eigenvalue weighted by Crippen LogP contribution is 2.25. The van der Waals surface area contributed by atoms with Gasteiger partial charge in [-0.2, -0.15) is 0 Å². The molecule has 2 aromatic carbocycles. The Hall–Kier alpha value is -1.80. The van der Waals surface area contributed by atoms with Crippen molar-refractivity contribution in [3.8, 4) is 11.1 Å². The molecule has 92 valence electrons. The normalized spacial score (nSPS) is 12.1. The Morgan fingerprint density at radius 1 is 1.11 bits per heavy atom. The van der Waals surface area contributed by atoms with E-state index in [0.29, 0.717) is 5.02 Å². The molecule has 0 fully saturated rings. The number of rotatable bonds is 3. The molecule has 2 nitrogen and oxygen atoms in total. The molecule has 0 bridgehead atoms. The van der Waals surface area contributed by atoms with Gasteiger partial charge in [-0.25, -0.2) is 0 Å². The lowest BCUT2D eigenvalue weighted by molar-refractivity contribution is -0.138. The van der Waals surface area contributed by atoms with Gasteiger partial charge in [-0.15, -0.1) is 0 Å². The Kier molecular flexibility index (Phi) is 3.68. The fraction of sp³-hybridized carbons (Fsp3) is 0.133. The third-order valence-corrected chi connectivity index (χ3v) is 3.19. The van der Waals surface area contributed by atoms with Gasteiger partial charge in [0.05, 0.1) is 5.92 Å². The van der Waals surface area contributed by atoms with E-state index < -0.39 is 11.9 Å². The Morgan fingerprint density at radius 2 is 1.78 bits per heavy atom. The van der Waals surface area contributed by atoms with Gasteiger partial charge in [-0.05, 0) is 35.7 Å². The van der Waals surface area contributed by atoms with Crippen LogP contribution in [0.5, 0.6) is 0 Å². The first kappa shape index (κ1) is 12.7. The Labute approximate surface area is 111 Å². The molecular weight excluding hydrogens is 248 g/mol. The van der Waals surface area contributed by atoms with Crippen LogP contribution in [0.1, 0.15) is 18.4 Å². The predicted molar refractivity (Wildman–Crippen MR) is 72.9 cm³/mol. The second-order valence-electron chi connectivity index (χ2n) is 4.19. The molecule has 0 aliphatic carbocycles. The third kappa shape index (κ3) is 2.71. The van der Waals surface area contributed by atoms with Gasteiger partial charge in [-0.1, -0.05) is 48.0 Å². The first-order chi connectivity index (χ1) is 8.58. The zero-order valence-corrected chi connectivity index (χ0v) is 10.7.